The van der Waals surface area contributed by atoms with E-state index in [-0.39, 0.29) is 12.4 Å². The van der Waals surface area contributed by atoms with E-state index >= 15 is 0 Å². The van der Waals surface area contributed by atoms with Crippen LogP contribution < -0.4 is 34.8 Å². The maximum Gasteiger partial charge on any atom is 0.422 e. The fourth-order valence-corrected chi connectivity index (χ4v) is 12.1. The SMILES string of the molecule is Cc1cccc(C)c1B1N(c2ccccc2)c2ccc(Oc3ccc4c(c3)-n3[c-][n+](-c5ccccc5)c5cccc(c53)[Si]4(C)C)cc2N1c1cc(C(C)(C)C)ccn1. The summed E-state index contributed by atoms with van der Waals surface area (Å²) in [5.74, 6) is 2.45. The maximum atomic E-state index is 6.92. The lowest BCUT2D eigenvalue weighted by Crippen LogP contribution is -2.57. The summed E-state index contributed by atoms with van der Waals surface area (Å²) < 4.78 is 11.4. The summed E-state index contributed by atoms with van der Waals surface area (Å²) in [7, 11) is -2.06. The number of aryl methyl sites for hydroxylation is 2. The molecule has 0 atom stereocenters. The van der Waals surface area contributed by atoms with Crippen LogP contribution in [-0.4, -0.2) is 24.6 Å². The normalized spacial score (nSPS) is 14.2. The number of nitrogens with zero attached hydrogens (tertiary/aromatic N) is 5. The van der Waals surface area contributed by atoms with Crippen LogP contribution in [0.1, 0.15) is 37.5 Å². The van der Waals surface area contributed by atoms with E-state index in [1.807, 2.05) is 6.20 Å². The van der Waals surface area contributed by atoms with Gasteiger partial charge in [-0.25, -0.2) is 4.98 Å². The fraction of sp³-hybridized carbons (Fsp3) is 0.160. The van der Waals surface area contributed by atoms with Crippen LogP contribution in [0.5, 0.6) is 11.5 Å². The van der Waals surface area contributed by atoms with Gasteiger partial charge in [-0.15, -0.1) is 0 Å². The summed E-state index contributed by atoms with van der Waals surface area (Å²) in [5.41, 5.74) is 12.8. The molecule has 284 valence electrons. The van der Waals surface area contributed by atoms with Crippen molar-refractivity contribution in [3.05, 3.63) is 175 Å². The first-order chi connectivity index (χ1) is 28.0. The molecule has 2 aromatic heterocycles. The topological polar surface area (TPSA) is 37.4 Å². The van der Waals surface area contributed by atoms with Crippen molar-refractivity contribution in [3.63, 3.8) is 0 Å². The Bertz CT molecular complexity index is 2860. The molecule has 8 heteroatoms. The molecule has 0 saturated heterocycles. The van der Waals surface area contributed by atoms with Gasteiger partial charge >= 0.3 is 6.98 Å². The standard InChI is InChI=1S/C50H46BN5OSi/c1-34-16-14-17-35(2)48(34)51-55(38-20-12-9-13-21-38)41-26-24-39(31-43(41)56(51)47-30-36(28-29-52-47)50(3,4)5)57-40-25-27-45-44(32-40)54-33-53(37-18-10-8-11-19-37)42-22-15-23-46(49(42)54)58(45,6)7/h8-32H,1-7H3. The average Bonchev–Trinajstić information content (AvgIpc) is 3.77. The summed E-state index contributed by atoms with van der Waals surface area (Å²) in [6, 6.07) is 52.1. The van der Waals surface area contributed by atoms with Crippen molar-refractivity contribution in [3.8, 4) is 22.9 Å². The molecule has 0 radical (unpaired) electrons. The van der Waals surface area contributed by atoms with Crippen molar-refractivity contribution < 1.29 is 9.30 Å². The van der Waals surface area contributed by atoms with Crippen molar-refractivity contribution in [2.24, 2.45) is 0 Å². The Balaban J connectivity index is 1.13. The van der Waals surface area contributed by atoms with Crippen molar-refractivity contribution in [1.82, 2.24) is 9.55 Å². The Morgan fingerprint density at radius 3 is 2.05 bits per heavy atom. The van der Waals surface area contributed by atoms with Crippen LogP contribution in [0, 0.1) is 20.2 Å². The van der Waals surface area contributed by atoms with Gasteiger partial charge in [0.1, 0.15) is 25.4 Å². The van der Waals surface area contributed by atoms with Gasteiger partial charge in [0, 0.05) is 18.0 Å². The number of hydrogen-bond donors (Lipinski definition) is 0. The number of anilines is 4. The van der Waals surface area contributed by atoms with E-state index in [4.69, 9.17) is 9.72 Å². The number of pyridine rings is 1. The zero-order valence-corrected chi connectivity index (χ0v) is 35.2. The van der Waals surface area contributed by atoms with Crippen LogP contribution in [0.4, 0.5) is 22.9 Å². The monoisotopic (exact) mass is 771 g/mol. The van der Waals surface area contributed by atoms with E-state index in [0.29, 0.717) is 0 Å². The third kappa shape index (κ3) is 5.69. The molecular formula is C50H46BN5OSi. The first kappa shape index (κ1) is 36.0. The van der Waals surface area contributed by atoms with Crippen molar-refractivity contribution >= 4 is 64.8 Å². The minimum Gasteiger partial charge on any atom is -0.458 e. The summed E-state index contributed by atoms with van der Waals surface area (Å²) in [5, 5.41) is 2.79. The van der Waals surface area contributed by atoms with E-state index in [9.17, 15) is 0 Å². The highest BCUT2D eigenvalue weighted by atomic mass is 28.3. The quantitative estimate of drug-likeness (QED) is 0.0960. The van der Waals surface area contributed by atoms with Gasteiger partial charge in [-0.2, -0.15) is 0 Å². The maximum absolute atomic E-state index is 6.92. The Kier molecular flexibility index (Phi) is 8.29. The first-order valence-corrected chi connectivity index (χ1v) is 23.2. The summed E-state index contributed by atoms with van der Waals surface area (Å²) in [6.45, 7) is 15.9. The molecule has 58 heavy (non-hydrogen) atoms. The molecule has 0 amide bonds. The van der Waals surface area contributed by atoms with Gasteiger partial charge in [0.25, 0.3) is 6.33 Å². The molecule has 4 heterocycles. The van der Waals surface area contributed by atoms with Gasteiger partial charge in [0.05, 0.1) is 33.8 Å². The molecule has 10 rings (SSSR count). The molecule has 6 nitrogen and oxygen atoms in total. The van der Waals surface area contributed by atoms with E-state index in [0.717, 1.165) is 51.3 Å². The number of rotatable bonds is 6. The second kappa shape index (κ2) is 13.4. The lowest BCUT2D eigenvalue weighted by molar-refractivity contribution is -0.572. The summed E-state index contributed by atoms with van der Waals surface area (Å²) in [4.78, 5) is 9.95. The number of imidazole rings is 1. The number of hydrogen-bond acceptors (Lipinski definition) is 4. The molecule has 8 aromatic rings. The molecule has 0 aliphatic carbocycles. The summed E-state index contributed by atoms with van der Waals surface area (Å²) in [6.07, 6.45) is 5.69. The predicted octanol–water partition coefficient (Wildman–Crippen LogP) is 9.63. The van der Waals surface area contributed by atoms with Crippen LogP contribution in [0.2, 0.25) is 13.1 Å². The van der Waals surface area contributed by atoms with Gasteiger partial charge in [0.15, 0.2) is 0 Å². The van der Waals surface area contributed by atoms with Gasteiger partial charge in [-0.3, -0.25) is 9.13 Å². The third-order valence-corrected chi connectivity index (χ3v) is 15.7. The number of fused-ring (bicyclic) bond motifs is 3. The first-order valence-electron chi connectivity index (χ1n) is 20.2. The van der Waals surface area contributed by atoms with E-state index in [1.165, 1.54) is 38.0 Å². The van der Waals surface area contributed by atoms with Crippen LogP contribution >= 0.6 is 0 Å². The van der Waals surface area contributed by atoms with E-state index < -0.39 is 8.07 Å². The molecule has 0 bridgehead atoms. The number of aromatic nitrogens is 3. The Morgan fingerprint density at radius 2 is 1.33 bits per heavy atom. The van der Waals surface area contributed by atoms with Gasteiger partial charge < -0.3 is 14.4 Å². The Labute approximate surface area is 342 Å². The minimum atomic E-state index is -2.06. The zero-order chi connectivity index (χ0) is 39.9. The van der Waals surface area contributed by atoms with Crippen molar-refractivity contribution in [1.29, 1.82) is 0 Å². The molecule has 0 N–H and O–H groups in total. The van der Waals surface area contributed by atoms with E-state index in [2.05, 4.69) is 218 Å². The van der Waals surface area contributed by atoms with Crippen molar-refractivity contribution in [2.75, 3.05) is 9.62 Å². The Morgan fingerprint density at radius 1 is 0.655 bits per heavy atom. The molecule has 0 unspecified atom stereocenters. The fourth-order valence-electron chi connectivity index (χ4n) is 9.14. The number of benzene rings is 6. The predicted molar refractivity (Wildman–Crippen MR) is 242 cm³/mol. The molecule has 0 saturated carbocycles. The highest BCUT2D eigenvalue weighted by Crippen LogP contribution is 2.48. The van der Waals surface area contributed by atoms with Crippen LogP contribution in [0.3, 0.4) is 0 Å². The molecule has 0 fully saturated rings. The number of para-hydroxylation sites is 3. The summed E-state index contributed by atoms with van der Waals surface area (Å²) >= 11 is 0. The van der Waals surface area contributed by atoms with Crippen molar-refractivity contribution in [2.45, 2.75) is 53.1 Å². The third-order valence-electron chi connectivity index (χ3n) is 12.1. The van der Waals surface area contributed by atoms with Gasteiger partial charge in [-0.05, 0) is 101 Å². The van der Waals surface area contributed by atoms with Crippen LogP contribution in [-0.2, 0) is 5.41 Å². The number of ether oxygens (including phenoxy) is 1. The average molecular weight is 772 g/mol. The highest BCUT2D eigenvalue weighted by Gasteiger charge is 2.46. The molecule has 6 aromatic carbocycles. The molecule has 2 aliphatic heterocycles. The Hall–Kier alpha value is -6.38. The smallest absolute Gasteiger partial charge is 0.422 e. The highest BCUT2D eigenvalue weighted by molar-refractivity contribution is 7.02. The zero-order valence-electron chi connectivity index (χ0n) is 34.2. The second-order valence-electron chi connectivity index (χ2n) is 17.2. The molecular weight excluding hydrogens is 725 g/mol. The largest absolute Gasteiger partial charge is 0.458 e. The second-order valence-corrected chi connectivity index (χ2v) is 21.6. The van der Waals surface area contributed by atoms with Crippen LogP contribution in [0.25, 0.3) is 22.4 Å². The molecule has 2 aliphatic rings. The molecule has 0 spiro atoms. The van der Waals surface area contributed by atoms with E-state index in [1.54, 1.807) is 0 Å². The van der Waals surface area contributed by atoms with Crippen LogP contribution in [0.15, 0.2) is 152 Å². The van der Waals surface area contributed by atoms with Gasteiger partial charge in [0.2, 0.25) is 0 Å². The van der Waals surface area contributed by atoms with Gasteiger partial charge in [-0.1, -0.05) is 124 Å². The minimum absolute atomic E-state index is 0.0497. The lowest BCUT2D eigenvalue weighted by Gasteiger charge is -2.32. The lowest BCUT2D eigenvalue weighted by atomic mass is 9.61.